The number of hydrogen-bond donors (Lipinski definition) is 1. The van der Waals surface area contributed by atoms with Gasteiger partial charge >= 0.3 is 0 Å². The van der Waals surface area contributed by atoms with Crippen molar-refractivity contribution in [1.29, 1.82) is 0 Å². The Kier molecular flexibility index (Phi) is 2.68. The third-order valence-corrected chi connectivity index (χ3v) is 2.71. The van der Waals surface area contributed by atoms with Gasteiger partial charge in [0.2, 0.25) is 0 Å². The zero-order chi connectivity index (χ0) is 11.8. The summed E-state index contributed by atoms with van der Waals surface area (Å²) in [5.41, 5.74) is 6.68. The molecule has 0 bridgehead atoms. The van der Waals surface area contributed by atoms with Gasteiger partial charge < -0.3 is 10.3 Å². The quantitative estimate of drug-likeness (QED) is 0.852. The fraction of sp³-hybridized carbons (Fsp3) is 0.333. The lowest BCUT2D eigenvalue weighted by Gasteiger charge is -2.13. The van der Waals surface area contributed by atoms with Crippen LogP contribution in [-0.2, 0) is 13.5 Å². The normalized spacial score (nSPS) is 12.2. The van der Waals surface area contributed by atoms with Gasteiger partial charge in [-0.2, -0.15) is 0 Å². The lowest BCUT2D eigenvalue weighted by molar-refractivity contribution is 0.0115. The van der Waals surface area contributed by atoms with Crippen LogP contribution in [0.25, 0.3) is 10.9 Å². The fourth-order valence-electron chi connectivity index (χ4n) is 1.81. The van der Waals surface area contributed by atoms with Gasteiger partial charge in [0.1, 0.15) is 0 Å². The highest BCUT2D eigenvalue weighted by Gasteiger charge is 2.26. The summed E-state index contributed by atoms with van der Waals surface area (Å²) >= 11 is 0. The van der Waals surface area contributed by atoms with E-state index in [2.05, 4.69) is 0 Å². The Morgan fingerprint density at radius 1 is 1.31 bits per heavy atom. The Labute approximate surface area is 92.7 Å². The molecule has 0 fully saturated rings. The molecule has 16 heavy (non-hydrogen) atoms. The first-order chi connectivity index (χ1) is 7.52. The Balaban J connectivity index is 2.33. The van der Waals surface area contributed by atoms with Crippen LogP contribution in [-0.4, -0.2) is 17.0 Å². The van der Waals surface area contributed by atoms with Gasteiger partial charge in [-0.3, -0.25) is 0 Å². The van der Waals surface area contributed by atoms with E-state index in [1.165, 1.54) is 0 Å². The molecule has 1 aromatic carbocycles. The van der Waals surface area contributed by atoms with Crippen molar-refractivity contribution in [2.75, 3.05) is 6.54 Å². The molecule has 0 aliphatic carbocycles. The van der Waals surface area contributed by atoms with Crippen molar-refractivity contribution in [3.63, 3.8) is 0 Å². The van der Waals surface area contributed by atoms with Gasteiger partial charge in [-0.05, 0) is 29.1 Å². The number of halogens is 2. The number of aryl methyl sites for hydroxylation is 1. The average Bonchev–Trinajstić information content (AvgIpc) is 2.60. The second kappa shape index (κ2) is 3.87. The summed E-state index contributed by atoms with van der Waals surface area (Å²) in [5, 5.41) is 0.979. The van der Waals surface area contributed by atoms with Crippen molar-refractivity contribution in [2.24, 2.45) is 12.8 Å². The van der Waals surface area contributed by atoms with E-state index >= 15 is 0 Å². The maximum Gasteiger partial charge on any atom is 0.264 e. The molecule has 1 aromatic heterocycles. The number of nitrogens with two attached hydrogens (primary N) is 1. The first-order valence-electron chi connectivity index (χ1n) is 5.14. The van der Waals surface area contributed by atoms with Crippen molar-refractivity contribution in [3.8, 4) is 0 Å². The number of benzene rings is 1. The molecule has 0 spiro atoms. The van der Waals surface area contributed by atoms with Crippen molar-refractivity contribution in [3.05, 3.63) is 36.0 Å². The number of rotatable bonds is 3. The maximum absolute atomic E-state index is 13.1. The van der Waals surface area contributed by atoms with Crippen LogP contribution >= 0.6 is 0 Å². The zero-order valence-electron chi connectivity index (χ0n) is 9.08. The standard InChI is InChI=1S/C12H14F2N2/c1-16-5-4-10-6-9(2-3-11(10)16)7-12(13,14)8-15/h2-6H,7-8,15H2,1H3. The smallest absolute Gasteiger partial charge is 0.264 e. The lowest BCUT2D eigenvalue weighted by atomic mass is 10.1. The van der Waals surface area contributed by atoms with Crippen molar-refractivity contribution >= 4 is 10.9 Å². The third-order valence-electron chi connectivity index (χ3n) is 2.71. The molecule has 0 atom stereocenters. The van der Waals surface area contributed by atoms with Crippen LogP contribution in [0, 0.1) is 0 Å². The van der Waals surface area contributed by atoms with Gasteiger partial charge in [0.25, 0.3) is 5.92 Å². The topological polar surface area (TPSA) is 30.9 Å². The van der Waals surface area contributed by atoms with Crippen molar-refractivity contribution < 1.29 is 8.78 Å². The van der Waals surface area contributed by atoms with Gasteiger partial charge in [-0.25, -0.2) is 8.78 Å². The lowest BCUT2D eigenvalue weighted by Crippen LogP contribution is -2.30. The van der Waals surface area contributed by atoms with Crippen LogP contribution in [0.2, 0.25) is 0 Å². The van der Waals surface area contributed by atoms with E-state index in [4.69, 9.17) is 5.73 Å². The third kappa shape index (κ3) is 2.07. The Morgan fingerprint density at radius 3 is 2.75 bits per heavy atom. The number of alkyl halides is 2. The van der Waals surface area contributed by atoms with Gasteiger partial charge in [0.15, 0.2) is 0 Å². The summed E-state index contributed by atoms with van der Waals surface area (Å²) in [6.07, 6.45) is 1.61. The highest BCUT2D eigenvalue weighted by molar-refractivity contribution is 5.80. The van der Waals surface area contributed by atoms with E-state index in [1.807, 2.05) is 29.9 Å². The van der Waals surface area contributed by atoms with Crippen molar-refractivity contribution in [1.82, 2.24) is 4.57 Å². The molecule has 0 amide bonds. The number of fused-ring (bicyclic) bond motifs is 1. The molecular formula is C12H14F2N2. The molecule has 2 N–H and O–H groups in total. The van der Waals surface area contributed by atoms with E-state index in [9.17, 15) is 8.78 Å². The van der Waals surface area contributed by atoms with Gasteiger partial charge in [-0.1, -0.05) is 6.07 Å². The number of aromatic nitrogens is 1. The minimum absolute atomic E-state index is 0.297. The predicted molar refractivity (Wildman–Crippen MR) is 60.6 cm³/mol. The summed E-state index contributed by atoms with van der Waals surface area (Å²) in [6, 6.07) is 7.29. The largest absolute Gasteiger partial charge is 0.351 e. The van der Waals surface area contributed by atoms with E-state index in [0.29, 0.717) is 5.56 Å². The van der Waals surface area contributed by atoms with E-state index in [-0.39, 0.29) is 6.42 Å². The average molecular weight is 224 g/mol. The molecule has 0 saturated heterocycles. The molecular weight excluding hydrogens is 210 g/mol. The summed E-state index contributed by atoms with van der Waals surface area (Å²) < 4.78 is 28.2. The van der Waals surface area contributed by atoms with Crippen LogP contribution in [0.5, 0.6) is 0 Å². The molecule has 0 aliphatic rings. The second-order valence-electron chi connectivity index (χ2n) is 4.06. The minimum atomic E-state index is -2.82. The van der Waals surface area contributed by atoms with Crippen LogP contribution < -0.4 is 5.73 Å². The molecule has 0 unspecified atom stereocenters. The predicted octanol–water partition coefficient (Wildman–Crippen LogP) is 2.31. The van der Waals surface area contributed by atoms with Crippen LogP contribution in [0.3, 0.4) is 0 Å². The summed E-state index contributed by atoms with van der Waals surface area (Å²) in [5.74, 6) is -2.82. The van der Waals surface area contributed by atoms with Gasteiger partial charge in [0.05, 0.1) is 6.54 Å². The maximum atomic E-state index is 13.1. The molecule has 0 aliphatic heterocycles. The monoisotopic (exact) mass is 224 g/mol. The number of hydrogen-bond acceptors (Lipinski definition) is 1. The molecule has 4 heteroatoms. The molecule has 0 radical (unpaired) electrons. The highest BCUT2D eigenvalue weighted by Crippen LogP contribution is 2.22. The van der Waals surface area contributed by atoms with Crippen LogP contribution in [0.1, 0.15) is 5.56 Å². The molecule has 1 heterocycles. The Morgan fingerprint density at radius 2 is 2.06 bits per heavy atom. The van der Waals surface area contributed by atoms with E-state index in [1.54, 1.807) is 12.1 Å². The highest BCUT2D eigenvalue weighted by atomic mass is 19.3. The zero-order valence-corrected chi connectivity index (χ0v) is 9.08. The van der Waals surface area contributed by atoms with E-state index in [0.717, 1.165) is 10.9 Å². The first kappa shape index (κ1) is 11.1. The van der Waals surface area contributed by atoms with Gasteiger partial charge in [-0.15, -0.1) is 0 Å². The van der Waals surface area contributed by atoms with Crippen molar-refractivity contribution in [2.45, 2.75) is 12.3 Å². The Bertz CT molecular complexity index is 503. The summed E-state index contributed by atoms with van der Waals surface area (Å²) in [7, 11) is 1.93. The van der Waals surface area contributed by atoms with Gasteiger partial charge in [0, 0.05) is 25.2 Å². The fourth-order valence-corrected chi connectivity index (χ4v) is 1.81. The second-order valence-corrected chi connectivity index (χ2v) is 4.06. The van der Waals surface area contributed by atoms with Crippen LogP contribution in [0.4, 0.5) is 8.78 Å². The van der Waals surface area contributed by atoms with E-state index < -0.39 is 12.5 Å². The molecule has 0 saturated carbocycles. The molecule has 86 valence electrons. The molecule has 2 nitrogen and oxygen atoms in total. The first-order valence-corrected chi connectivity index (χ1v) is 5.14. The molecule has 2 rings (SSSR count). The minimum Gasteiger partial charge on any atom is -0.351 e. The summed E-state index contributed by atoms with van der Waals surface area (Å²) in [6.45, 7) is -0.611. The Hall–Kier alpha value is -1.42. The summed E-state index contributed by atoms with van der Waals surface area (Å²) in [4.78, 5) is 0. The SMILES string of the molecule is Cn1ccc2cc(CC(F)(F)CN)ccc21. The number of nitrogens with zero attached hydrogens (tertiary/aromatic N) is 1. The van der Waals surface area contributed by atoms with Crippen LogP contribution in [0.15, 0.2) is 30.5 Å². The molecule has 2 aromatic rings.